The van der Waals surface area contributed by atoms with E-state index in [2.05, 4.69) is 11.9 Å². The number of nitrogen functional groups attached to an aromatic ring is 1. The number of rotatable bonds is 3. The normalized spacial score (nSPS) is 22.9. The van der Waals surface area contributed by atoms with E-state index in [9.17, 15) is 0 Å². The van der Waals surface area contributed by atoms with Crippen molar-refractivity contribution in [2.45, 2.75) is 45.1 Å². The molecule has 106 valence electrons. The second-order valence-corrected chi connectivity index (χ2v) is 5.71. The number of benzene rings is 1. The van der Waals surface area contributed by atoms with Crippen molar-refractivity contribution in [3.8, 4) is 5.88 Å². The van der Waals surface area contributed by atoms with Crippen molar-refractivity contribution in [3.05, 3.63) is 30.3 Å². The summed E-state index contributed by atoms with van der Waals surface area (Å²) in [5, 5.41) is 1.06. The first-order valence-electron chi connectivity index (χ1n) is 7.59. The summed E-state index contributed by atoms with van der Waals surface area (Å²) >= 11 is 0. The summed E-state index contributed by atoms with van der Waals surface area (Å²) in [6.45, 7) is 2.25. The van der Waals surface area contributed by atoms with Gasteiger partial charge in [-0.05, 0) is 55.9 Å². The third kappa shape index (κ3) is 2.72. The average molecular weight is 270 g/mol. The number of aromatic nitrogens is 1. The number of fused-ring (bicyclic) bond motifs is 1. The molecule has 0 aliphatic heterocycles. The molecule has 20 heavy (non-hydrogen) atoms. The molecule has 1 fully saturated rings. The number of ether oxygens (including phenoxy) is 1. The molecule has 0 bridgehead atoms. The highest BCUT2D eigenvalue weighted by molar-refractivity contribution is 5.82. The lowest BCUT2D eigenvalue weighted by Crippen LogP contribution is -2.30. The molecule has 1 aliphatic carbocycles. The van der Waals surface area contributed by atoms with Gasteiger partial charge in [0, 0.05) is 17.1 Å². The molecule has 0 saturated heterocycles. The highest BCUT2D eigenvalue weighted by Crippen LogP contribution is 2.30. The lowest BCUT2D eigenvalue weighted by atomic mass is 9.85. The molecule has 3 nitrogen and oxygen atoms in total. The van der Waals surface area contributed by atoms with Crippen molar-refractivity contribution in [2.24, 2.45) is 5.92 Å². The summed E-state index contributed by atoms with van der Waals surface area (Å²) < 4.78 is 6.15. The van der Waals surface area contributed by atoms with Crippen LogP contribution in [-0.2, 0) is 0 Å². The fourth-order valence-corrected chi connectivity index (χ4v) is 3.14. The Kier molecular flexibility index (Phi) is 3.77. The van der Waals surface area contributed by atoms with Gasteiger partial charge in [0.05, 0.1) is 5.52 Å². The van der Waals surface area contributed by atoms with Gasteiger partial charge in [0.1, 0.15) is 6.10 Å². The van der Waals surface area contributed by atoms with Crippen LogP contribution in [0.1, 0.15) is 39.0 Å². The lowest BCUT2D eigenvalue weighted by molar-refractivity contribution is 0.0862. The Balaban J connectivity index is 1.81. The van der Waals surface area contributed by atoms with Crippen LogP contribution in [0.25, 0.3) is 10.9 Å². The largest absolute Gasteiger partial charge is 0.474 e. The quantitative estimate of drug-likeness (QED) is 0.852. The minimum absolute atomic E-state index is 0.326. The molecular formula is C17H22N2O. The SMILES string of the molecule is CCC1CCCCC1Oc1ccc2cc(N)ccc2n1. The van der Waals surface area contributed by atoms with Gasteiger partial charge in [0.2, 0.25) is 5.88 Å². The molecular weight excluding hydrogens is 248 g/mol. The molecule has 0 radical (unpaired) electrons. The van der Waals surface area contributed by atoms with Crippen molar-refractivity contribution in [1.82, 2.24) is 4.98 Å². The monoisotopic (exact) mass is 270 g/mol. The van der Waals surface area contributed by atoms with Crippen LogP contribution in [0.3, 0.4) is 0 Å². The molecule has 0 amide bonds. The second kappa shape index (κ2) is 5.70. The van der Waals surface area contributed by atoms with Gasteiger partial charge in [0.25, 0.3) is 0 Å². The van der Waals surface area contributed by atoms with E-state index < -0.39 is 0 Å². The van der Waals surface area contributed by atoms with Gasteiger partial charge < -0.3 is 10.5 Å². The fraction of sp³-hybridized carbons (Fsp3) is 0.471. The zero-order valence-electron chi connectivity index (χ0n) is 12.0. The third-order valence-corrected chi connectivity index (χ3v) is 4.32. The molecule has 2 unspecified atom stereocenters. The van der Waals surface area contributed by atoms with E-state index >= 15 is 0 Å². The molecule has 1 aromatic carbocycles. The second-order valence-electron chi connectivity index (χ2n) is 5.71. The molecule has 2 atom stereocenters. The number of anilines is 1. The fourth-order valence-electron chi connectivity index (χ4n) is 3.14. The van der Waals surface area contributed by atoms with Crippen LogP contribution in [0, 0.1) is 5.92 Å². The van der Waals surface area contributed by atoms with Gasteiger partial charge in [-0.25, -0.2) is 4.98 Å². The number of nitrogens with two attached hydrogens (primary N) is 1. The Morgan fingerprint density at radius 3 is 2.90 bits per heavy atom. The minimum Gasteiger partial charge on any atom is -0.474 e. The maximum Gasteiger partial charge on any atom is 0.214 e. The number of nitrogens with zero attached hydrogens (tertiary/aromatic N) is 1. The number of hydrogen-bond donors (Lipinski definition) is 1. The first kappa shape index (κ1) is 13.2. The molecule has 1 aromatic heterocycles. The summed E-state index contributed by atoms with van der Waals surface area (Å²) in [4.78, 5) is 4.60. The molecule has 2 aromatic rings. The average Bonchev–Trinajstić information content (AvgIpc) is 2.48. The van der Waals surface area contributed by atoms with Crippen LogP contribution >= 0.6 is 0 Å². The Morgan fingerprint density at radius 2 is 2.05 bits per heavy atom. The minimum atomic E-state index is 0.326. The highest BCUT2D eigenvalue weighted by atomic mass is 16.5. The van der Waals surface area contributed by atoms with Crippen molar-refractivity contribution in [2.75, 3.05) is 5.73 Å². The molecule has 3 rings (SSSR count). The maximum absolute atomic E-state index is 6.15. The molecule has 1 aliphatic rings. The van der Waals surface area contributed by atoms with E-state index in [4.69, 9.17) is 10.5 Å². The topological polar surface area (TPSA) is 48.1 Å². The zero-order chi connectivity index (χ0) is 13.9. The Hall–Kier alpha value is -1.77. The summed E-state index contributed by atoms with van der Waals surface area (Å²) in [6.07, 6.45) is 6.56. The predicted molar refractivity (Wildman–Crippen MR) is 82.8 cm³/mol. The van der Waals surface area contributed by atoms with Gasteiger partial charge in [-0.3, -0.25) is 0 Å². The molecule has 2 N–H and O–H groups in total. The lowest BCUT2D eigenvalue weighted by Gasteiger charge is -2.30. The zero-order valence-corrected chi connectivity index (χ0v) is 12.0. The Bertz CT molecular complexity index is 597. The standard InChI is InChI=1S/C17H22N2O/c1-2-12-5-3-4-6-16(12)20-17-10-7-13-11-14(18)8-9-15(13)19-17/h7-12,16H,2-6,18H2,1H3. The van der Waals surface area contributed by atoms with Gasteiger partial charge in [-0.15, -0.1) is 0 Å². The van der Waals surface area contributed by atoms with Crippen molar-refractivity contribution in [1.29, 1.82) is 0 Å². The van der Waals surface area contributed by atoms with E-state index in [0.717, 1.165) is 28.9 Å². The number of hydrogen-bond acceptors (Lipinski definition) is 3. The van der Waals surface area contributed by atoms with Crippen LogP contribution in [0.5, 0.6) is 5.88 Å². The van der Waals surface area contributed by atoms with Crippen LogP contribution < -0.4 is 10.5 Å². The van der Waals surface area contributed by atoms with Crippen LogP contribution in [-0.4, -0.2) is 11.1 Å². The van der Waals surface area contributed by atoms with E-state index in [-0.39, 0.29) is 0 Å². The molecule has 3 heteroatoms. The number of pyridine rings is 1. The van der Waals surface area contributed by atoms with Crippen molar-refractivity contribution in [3.63, 3.8) is 0 Å². The summed E-state index contributed by atoms with van der Waals surface area (Å²) in [5.74, 6) is 1.42. The van der Waals surface area contributed by atoms with Crippen LogP contribution in [0.4, 0.5) is 5.69 Å². The Morgan fingerprint density at radius 1 is 1.20 bits per heavy atom. The maximum atomic E-state index is 6.15. The molecule has 1 saturated carbocycles. The summed E-state index contributed by atoms with van der Waals surface area (Å²) in [7, 11) is 0. The van der Waals surface area contributed by atoms with Crippen LogP contribution in [0.15, 0.2) is 30.3 Å². The van der Waals surface area contributed by atoms with E-state index in [1.165, 1.54) is 25.7 Å². The van der Waals surface area contributed by atoms with E-state index in [1.807, 2.05) is 30.3 Å². The molecule has 1 heterocycles. The van der Waals surface area contributed by atoms with Crippen molar-refractivity contribution < 1.29 is 4.74 Å². The van der Waals surface area contributed by atoms with Gasteiger partial charge in [-0.2, -0.15) is 0 Å². The van der Waals surface area contributed by atoms with Gasteiger partial charge in [-0.1, -0.05) is 13.3 Å². The summed E-state index contributed by atoms with van der Waals surface area (Å²) in [6, 6.07) is 9.78. The first-order chi connectivity index (χ1) is 9.76. The third-order valence-electron chi connectivity index (χ3n) is 4.32. The van der Waals surface area contributed by atoms with Crippen LogP contribution in [0.2, 0.25) is 0 Å². The van der Waals surface area contributed by atoms with Gasteiger partial charge in [0.15, 0.2) is 0 Å². The smallest absolute Gasteiger partial charge is 0.214 e. The Labute approximate surface area is 120 Å². The van der Waals surface area contributed by atoms with E-state index in [1.54, 1.807) is 0 Å². The predicted octanol–water partition coefficient (Wildman–Crippen LogP) is 4.16. The van der Waals surface area contributed by atoms with Crippen molar-refractivity contribution >= 4 is 16.6 Å². The summed E-state index contributed by atoms with van der Waals surface area (Å²) in [5.41, 5.74) is 7.50. The first-order valence-corrected chi connectivity index (χ1v) is 7.59. The molecule has 0 spiro atoms. The van der Waals surface area contributed by atoms with E-state index in [0.29, 0.717) is 12.0 Å². The van der Waals surface area contributed by atoms with Gasteiger partial charge >= 0.3 is 0 Å². The highest BCUT2D eigenvalue weighted by Gasteiger charge is 2.25.